The number of aliphatic hydroxyl groups excluding tert-OH is 2. The van der Waals surface area contributed by atoms with Crippen LogP contribution in [0.4, 0.5) is 0 Å². The molecule has 0 rings (SSSR count). The van der Waals surface area contributed by atoms with Gasteiger partial charge < -0.3 is 24.6 Å². The molecule has 0 aliphatic rings. The molecule has 0 fully saturated rings. The van der Waals surface area contributed by atoms with Crippen molar-refractivity contribution in [3.8, 4) is 0 Å². The normalized spacial score (nSPS) is 14.2. The van der Waals surface area contributed by atoms with Gasteiger partial charge in [-0.15, -0.1) is 0 Å². The molecule has 0 spiro atoms. The van der Waals surface area contributed by atoms with Crippen LogP contribution in [0.25, 0.3) is 0 Å². The Morgan fingerprint density at radius 3 is 1.46 bits per heavy atom. The lowest BCUT2D eigenvalue weighted by Gasteiger charge is -2.20. The number of carbonyl (C=O) groups excluding carboxylic acids is 1. The Bertz CT molecular complexity index is 866. The van der Waals surface area contributed by atoms with Crippen LogP contribution in [-0.4, -0.2) is 59.7 Å². The van der Waals surface area contributed by atoms with E-state index in [0.717, 1.165) is 44.9 Å². The van der Waals surface area contributed by atoms with Crippen molar-refractivity contribution >= 4 is 13.8 Å². The zero-order valence-corrected chi connectivity index (χ0v) is 34.4. The quantitative estimate of drug-likeness (QED) is 0.0183. The number of esters is 1. The van der Waals surface area contributed by atoms with Crippen LogP contribution in [0.3, 0.4) is 0 Å². The Morgan fingerprint density at radius 1 is 0.577 bits per heavy atom. The highest BCUT2D eigenvalue weighted by Crippen LogP contribution is 2.43. The predicted octanol–water partition coefficient (Wildman–Crippen LogP) is 11.8. The molecule has 10 heteroatoms. The lowest BCUT2D eigenvalue weighted by molar-refractivity contribution is -0.153. The molecule has 0 saturated carbocycles. The van der Waals surface area contributed by atoms with E-state index < -0.39 is 45.8 Å². The number of ether oxygens (including phenoxy) is 2. The molecule has 3 N–H and O–H groups in total. The summed E-state index contributed by atoms with van der Waals surface area (Å²) in [6.07, 6.45) is 40.8. The summed E-state index contributed by atoms with van der Waals surface area (Å²) in [6.45, 7) is 2.87. The molecule has 0 bridgehead atoms. The molecule has 52 heavy (non-hydrogen) atoms. The second-order valence-electron chi connectivity index (χ2n) is 14.4. The van der Waals surface area contributed by atoms with Gasteiger partial charge in [-0.25, -0.2) is 4.57 Å². The number of hydrogen-bond acceptors (Lipinski definition) is 8. The van der Waals surface area contributed by atoms with Crippen LogP contribution in [0, 0.1) is 0 Å². The molecule has 1 unspecified atom stereocenters. The first kappa shape index (κ1) is 50.8. The molecule has 0 radical (unpaired) electrons. The Kier molecular flexibility index (Phi) is 38.5. The smallest absolute Gasteiger partial charge is 0.472 e. The number of phosphoric acid groups is 1. The SMILES string of the molecule is CCCCCC/C=C\CCCCCCCC(=O)O[C@H](CO/C=C\CCCCCCCCCCCCCCCCCC)COP(=O)(O)OC[C@@H](O)CO. The molecule has 0 saturated heterocycles. The minimum atomic E-state index is -4.53. The first-order chi connectivity index (χ1) is 25.3. The number of carbonyl (C=O) groups is 1. The monoisotopic (exact) mass is 761 g/mol. The molecule has 3 atom stereocenters. The van der Waals surface area contributed by atoms with Crippen molar-refractivity contribution in [3.63, 3.8) is 0 Å². The molecular weight excluding hydrogens is 679 g/mol. The third-order valence-electron chi connectivity index (χ3n) is 9.20. The highest BCUT2D eigenvalue weighted by atomic mass is 31.2. The second kappa shape index (κ2) is 39.5. The Labute approximate surface area is 319 Å². The van der Waals surface area contributed by atoms with E-state index in [1.807, 2.05) is 6.08 Å². The summed E-state index contributed by atoms with van der Waals surface area (Å²) < 4.78 is 33.1. The summed E-state index contributed by atoms with van der Waals surface area (Å²) in [5, 5.41) is 18.3. The van der Waals surface area contributed by atoms with Gasteiger partial charge in [0.2, 0.25) is 0 Å². The minimum Gasteiger partial charge on any atom is -0.498 e. The van der Waals surface area contributed by atoms with Gasteiger partial charge in [-0.2, -0.15) is 0 Å². The largest absolute Gasteiger partial charge is 0.498 e. The van der Waals surface area contributed by atoms with Gasteiger partial charge in [-0.3, -0.25) is 13.8 Å². The topological polar surface area (TPSA) is 132 Å². The van der Waals surface area contributed by atoms with Crippen LogP contribution < -0.4 is 0 Å². The fraction of sp³-hybridized carbons (Fsp3) is 0.881. The van der Waals surface area contributed by atoms with Crippen molar-refractivity contribution in [2.24, 2.45) is 0 Å². The fourth-order valence-corrected chi connectivity index (χ4v) is 6.69. The maximum atomic E-state index is 12.6. The van der Waals surface area contributed by atoms with Crippen molar-refractivity contribution in [2.45, 2.75) is 212 Å². The summed E-state index contributed by atoms with van der Waals surface area (Å²) in [5.74, 6) is -0.412. The van der Waals surface area contributed by atoms with E-state index in [1.165, 1.54) is 128 Å². The highest BCUT2D eigenvalue weighted by Gasteiger charge is 2.26. The number of hydrogen-bond donors (Lipinski definition) is 3. The van der Waals surface area contributed by atoms with Crippen molar-refractivity contribution in [3.05, 3.63) is 24.5 Å². The zero-order valence-electron chi connectivity index (χ0n) is 33.5. The van der Waals surface area contributed by atoms with Crippen LogP contribution in [0.5, 0.6) is 0 Å². The standard InChI is InChI=1S/C42H81O9P/c1-3-5-7-9-11-13-15-17-18-19-20-21-23-25-27-29-31-33-35-48-38-41(39-50-52(46,47)49-37-40(44)36-43)51-42(45)34-32-30-28-26-24-22-16-14-12-10-8-6-4-2/h14,16,33,35,40-41,43-44H,3-13,15,17-32,34,36-39H2,1-2H3,(H,46,47)/b16-14-,35-33-/t40-,41+/m0/s1. The van der Waals surface area contributed by atoms with E-state index in [2.05, 4.69) is 26.0 Å². The Balaban J connectivity index is 4.20. The van der Waals surface area contributed by atoms with Crippen LogP contribution in [0.15, 0.2) is 24.5 Å². The van der Waals surface area contributed by atoms with Gasteiger partial charge in [0.1, 0.15) is 12.7 Å². The van der Waals surface area contributed by atoms with E-state index in [0.29, 0.717) is 6.42 Å². The second-order valence-corrected chi connectivity index (χ2v) is 15.9. The molecular formula is C42H81O9P. The highest BCUT2D eigenvalue weighted by molar-refractivity contribution is 7.47. The van der Waals surface area contributed by atoms with Gasteiger partial charge >= 0.3 is 13.8 Å². The summed E-state index contributed by atoms with van der Waals surface area (Å²) in [7, 11) is -4.53. The van der Waals surface area contributed by atoms with Gasteiger partial charge in [-0.1, -0.05) is 161 Å². The zero-order chi connectivity index (χ0) is 38.2. The molecule has 9 nitrogen and oxygen atoms in total. The predicted molar refractivity (Wildman–Crippen MR) is 214 cm³/mol. The summed E-state index contributed by atoms with van der Waals surface area (Å²) in [4.78, 5) is 22.5. The minimum absolute atomic E-state index is 0.0351. The van der Waals surface area contributed by atoms with Gasteiger partial charge in [0.05, 0.1) is 26.1 Å². The number of phosphoric ester groups is 1. The Hall–Kier alpha value is -1.22. The lowest BCUT2D eigenvalue weighted by Crippen LogP contribution is -2.28. The number of aliphatic hydroxyl groups is 2. The van der Waals surface area contributed by atoms with Gasteiger partial charge in [0, 0.05) is 6.42 Å². The van der Waals surface area contributed by atoms with E-state index in [-0.39, 0.29) is 13.0 Å². The van der Waals surface area contributed by atoms with Crippen molar-refractivity contribution in [1.29, 1.82) is 0 Å². The average molecular weight is 761 g/mol. The van der Waals surface area contributed by atoms with Gasteiger partial charge in [0.15, 0.2) is 6.10 Å². The van der Waals surface area contributed by atoms with Crippen molar-refractivity contribution in [1.82, 2.24) is 0 Å². The van der Waals surface area contributed by atoms with Crippen molar-refractivity contribution in [2.75, 3.05) is 26.4 Å². The van der Waals surface area contributed by atoms with Crippen LogP contribution >= 0.6 is 7.82 Å². The van der Waals surface area contributed by atoms with Crippen molar-refractivity contribution < 1.29 is 43.0 Å². The third-order valence-corrected chi connectivity index (χ3v) is 10.2. The van der Waals surface area contributed by atoms with E-state index in [1.54, 1.807) is 6.26 Å². The summed E-state index contributed by atoms with van der Waals surface area (Å²) in [6, 6.07) is 0. The molecule has 308 valence electrons. The van der Waals surface area contributed by atoms with Crippen LogP contribution in [0.2, 0.25) is 0 Å². The average Bonchev–Trinajstić information content (AvgIpc) is 3.13. The molecule has 0 aliphatic carbocycles. The van der Waals surface area contributed by atoms with Gasteiger partial charge in [-0.05, 0) is 51.0 Å². The van der Waals surface area contributed by atoms with E-state index in [4.69, 9.17) is 23.6 Å². The van der Waals surface area contributed by atoms with Gasteiger partial charge in [0.25, 0.3) is 0 Å². The molecule has 0 heterocycles. The molecule has 0 amide bonds. The molecule has 0 aromatic rings. The number of unbranched alkanes of at least 4 members (excludes halogenated alkanes) is 25. The summed E-state index contributed by atoms with van der Waals surface area (Å²) in [5.41, 5.74) is 0. The Morgan fingerprint density at radius 2 is 0.981 bits per heavy atom. The molecule has 0 aromatic carbocycles. The fourth-order valence-electron chi connectivity index (χ4n) is 5.90. The lowest BCUT2D eigenvalue weighted by atomic mass is 10.0. The molecule has 0 aromatic heterocycles. The third kappa shape index (κ3) is 38.5. The van der Waals surface area contributed by atoms with E-state index in [9.17, 15) is 19.4 Å². The maximum Gasteiger partial charge on any atom is 0.472 e. The summed E-state index contributed by atoms with van der Waals surface area (Å²) >= 11 is 0. The van der Waals surface area contributed by atoms with E-state index >= 15 is 0 Å². The van der Waals surface area contributed by atoms with Crippen LogP contribution in [-0.2, 0) is 27.9 Å². The van der Waals surface area contributed by atoms with Crippen LogP contribution in [0.1, 0.15) is 200 Å². The number of rotatable bonds is 41. The first-order valence-corrected chi connectivity index (χ1v) is 22.9. The number of allylic oxidation sites excluding steroid dienone is 3. The molecule has 0 aliphatic heterocycles. The first-order valence-electron chi connectivity index (χ1n) is 21.4. The maximum absolute atomic E-state index is 12.6.